The first-order valence-corrected chi connectivity index (χ1v) is 7.92. The van der Waals surface area contributed by atoms with Crippen molar-refractivity contribution in [1.82, 2.24) is 14.4 Å². The average Bonchev–Trinajstić information content (AvgIpc) is 2.47. The molecule has 0 amide bonds. The Bertz CT molecular complexity index is 567. The van der Waals surface area contributed by atoms with E-state index in [0.29, 0.717) is 18.8 Å². The highest BCUT2D eigenvalue weighted by Gasteiger charge is 2.11. The van der Waals surface area contributed by atoms with E-state index >= 15 is 0 Å². The molecule has 1 rings (SSSR count). The third-order valence-corrected chi connectivity index (χ3v) is 3.80. The van der Waals surface area contributed by atoms with E-state index in [2.05, 4.69) is 18.7 Å². The lowest BCUT2D eigenvalue weighted by molar-refractivity contribution is -0.138. The van der Waals surface area contributed by atoms with Gasteiger partial charge in [0.25, 0.3) is 0 Å². The van der Waals surface area contributed by atoms with Crippen molar-refractivity contribution >= 4 is 5.97 Å². The van der Waals surface area contributed by atoms with Gasteiger partial charge in [-0.05, 0) is 33.1 Å². The Morgan fingerprint density at radius 2 is 1.96 bits per heavy atom. The van der Waals surface area contributed by atoms with E-state index in [1.54, 1.807) is 11.9 Å². The summed E-state index contributed by atoms with van der Waals surface area (Å²) in [6.07, 6.45) is 2.33. The summed E-state index contributed by atoms with van der Waals surface area (Å²) >= 11 is 0. The van der Waals surface area contributed by atoms with Crippen LogP contribution in [0, 0.1) is 0 Å². The largest absolute Gasteiger partial charge is 0.503 e. The van der Waals surface area contributed by atoms with E-state index in [1.165, 1.54) is 12.3 Å². The van der Waals surface area contributed by atoms with Gasteiger partial charge < -0.3 is 19.7 Å². The predicted octanol–water partition coefficient (Wildman–Crippen LogP) is 0.802. The van der Waals surface area contributed by atoms with Crippen LogP contribution in [0.25, 0.3) is 0 Å². The highest BCUT2D eigenvalue weighted by Crippen LogP contribution is 2.09. The summed E-state index contributed by atoms with van der Waals surface area (Å²) in [5, 5.41) is 18.5. The zero-order valence-corrected chi connectivity index (χ0v) is 14.2. The number of aromatic nitrogens is 1. The molecule has 0 saturated heterocycles. The molecule has 0 aliphatic carbocycles. The third kappa shape index (κ3) is 6.42. The molecule has 0 spiro atoms. The molecule has 23 heavy (non-hydrogen) atoms. The molecule has 1 aromatic heterocycles. The van der Waals surface area contributed by atoms with Gasteiger partial charge in [0, 0.05) is 24.8 Å². The van der Waals surface area contributed by atoms with Gasteiger partial charge >= 0.3 is 5.97 Å². The lowest BCUT2D eigenvalue weighted by Crippen LogP contribution is -2.28. The molecule has 0 aliphatic rings. The van der Waals surface area contributed by atoms with Crippen LogP contribution >= 0.6 is 0 Å². The molecular weight excluding hydrogens is 298 g/mol. The Kier molecular flexibility index (Phi) is 7.77. The van der Waals surface area contributed by atoms with Gasteiger partial charge in [0.15, 0.2) is 5.75 Å². The Labute approximate surface area is 136 Å². The van der Waals surface area contributed by atoms with E-state index in [4.69, 9.17) is 5.11 Å². The molecule has 0 fully saturated rings. The predicted molar refractivity (Wildman–Crippen MR) is 88.7 cm³/mol. The standard InChI is InChI=1S/C16H27N3O4/c1-4-18(5-2)7-6-8-19-11-15(21)14(20)9-13(19)10-17(3)12-16(22)23/h9,11,21H,4-8,10,12H2,1-3H3,(H,22,23). The molecule has 1 heterocycles. The van der Waals surface area contributed by atoms with Crippen LogP contribution in [0.15, 0.2) is 17.1 Å². The Morgan fingerprint density at radius 3 is 2.52 bits per heavy atom. The maximum atomic E-state index is 11.7. The number of aromatic hydroxyl groups is 1. The molecule has 7 nitrogen and oxygen atoms in total. The van der Waals surface area contributed by atoms with Gasteiger partial charge in [-0.15, -0.1) is 0 Å². The maximum Gasteiger partial charge on any atom is 0.317 e. The number of carbonyl (C=O) groups is 1. The van der Waals surface area contributed by atoms with Gasteiger partial charge in [0.2, 0.25) is 5.43 Å². The number of rotatable bonds is 10. The fourth-order valence-electron chi connectivity index (χ4n) is 2.51. The number of likely N-dealkylation sites (N-methyl/N-ethyl adjacent to an activating group) is 1. The molecule has 0 bridgehead atoms. The highest BCUT2D eigenvalue weighted by molar-refractivity contribution is 5.69. The number of hydrogen-bond acceptors (Lipinski definition) is 5. The first-order chi connectivity index (χ1) is 10.9. The second-order valence-corrected chi connectivity index (χ2v) is 5.65. The smallest absolute Gasteiger partial charge is 0.317 e. The first-order valence-electron chi connectivity index (χ1n) is 7.92. The number of aryl methyl sites for hydroxylation is 1. The highest BCUT2D eigenvalue weighted by atomic mass is 16.4. The van der Waals surface area contributed by atoms with Gasteiger partial charge in [-0.3, -0.25) is 14.5 Å². The molecule has 0 radical (unpaired) electrons. The van der Waals surface area contributed by atoms with Crippen LogP contribution in [0.5, 0.6) is 5.75 Å². The van der Waals surface area contributed by atoms with E-state index in [0.717, 1.165) is 26.1 Å². The summed E-state index contributed by atoms with van der Waals surface area (Å²) in [5.74, 6) is -1.20. The van der Waals surface area contributed by atoms with Crippen LogP contribution in [0.2, 0.25) is 0 Å². The summed E-state index contributed by atoms with van der Waals surface area (Å²) in [6, 6.07) is 1.38. The van der Waals surface area contributed by atoms with Crippen molar-refractivity contribution in [3.63, 3.8) is 0 Å². The van der Waals surface area contributed by atoms with Crippen LogP contribution in [0.1, 0.15) is 26.0 Å². The van der Waals surface area contributed by atoms with Gasteiger partial charge in [-0.2, -0.15) is 0 Å². The zero-order chi connectivity index (χ0) is 17.4. The molecule has 0 aliphatic heterocycles. The number of carboxylic acid groups (broad SMARTS) is 1. The van der Waals surface area contributed by atoms with Crippen molar-refractivity contribution in [2.75, 3.05) is 33.2 Å². The second kappa shape index (κ2) is 9.32. The lowest BCUT2D eigenvalue weighted by atomic mass is 10.2. The number of nitrogens with zero attached hydrogens (tertiary/aromatic N) is 3. The summed E-state index contributed by atoms with van der Waals surface area (Å²) in [6.45, 7) is 8.04. The third-order valence-electron chi connectivity index (χ3n) is 3.80. The van der Waals surface area contributed by atoms with Gasteiger partial charge in [0.05, 0.1) is 12.7 Å². The van der Waals surface area contributed by atoms with Crippen molar-refractivity contribution in [1.29, 1.82) is 0 Å². The Morgan fingerprint density at radius 1 is 1.30 bits per heavy atom. The zero-order valence-electron chi connectivity index (χ0n) is 14.2. The molecule has 2 N–H and O–H groups in total. The molecule has 0 saturated carbocycles. The van der Waals surface area contributed by atoms with Gasteiger partial charge in [-0.1, -0.05) is 13.8 Å². The molecule has 0 unspecified atom stereocenters. The lowest BCUT2D eigenvalue weighted by Gasteiger charge is -2.21. The molecule has 7 heteroatoms. The summed E-state index contributed by atoms with van der Waals surface area (Å²) < 4.78 is 1.83. The summed E-state index contributed by atoms with van der Waals surface area (Å²) in [7, 11) is 1.69. The van der Waals surface area contributed by atoms with Crippen molar-refractivity contribution in [3.8, 4) is 5.75 Å². The Hall–Kier alpha value is -1.86. The normalized spacial score (nSPS) is 11.3. The summed E-state index contributed by atoms with van der Waals surface area (Å²) in [4.78, 5) is 26.4. The van der Waals surface area contributed by atoms with Crippen LogP contribution < -0.4 is 5.43 Å². The fourth-order valence-corrected chi connectivity index (χ4v) is 2.51. The van der Waals surface area contributed by atoms with Gasteiger partial charge in [-0.25, -0.2) is 0 Å². The van der Waals surface area contributed by atoms with E-state index in [1.807, 2.05) is 4.57 Å². The number of pyridine rings is 1. The van der Waals surface area contributed by atoms with Gasteiger partial charge in [0.1, 0.15) is 0 Å². The van der Waals surface area contributed by atoms with Crippen LogP contribution in [-0.4, -0.2) is 63.8 Å². The Balaban J connectivity index is 2.81. The van der Waals surface area contributed by atoms with E-state index < -0.39 is 11.4 Å². The van der Waals surface area contributed by atoms with Crippen LogP contribution in [-0.2, 0) is 17.9 Å². The van der Waals surface area contributed by atoms with Crippen molar-refractivity contribution in [2.24, 2.45) is 0 Å². The van der Waals surface area contributed by atoms with E-state index in [-0.39, 0.29) is 12.3 Å². The minimum Gasteiger partial charge on any atom is -0.503 e. The molecule has 1 aromatic rings. The fraction of sp³-hybridized carbons (Fsp3) is 0.625. The summed E-state index contributed by atoms with van der Waals surface area (Å²) in [5.41, 5.74) is 0.264. The van der Waals surface area contributed by atoms with E-state index in [9.17, 15) is 14.7 Å². The van der Waals surface area contributed by atoms with Crippen molar-refractivity contribution in [3.05, 3.63) is 28.2 Å². The maximum absolute atomic E-state index is 11.7. The van der Waals surface area contributed by atoms with Crippen molar-refractivity contribution < 1.29 is 15.0 Å². The topological polar surface area (TPSA) is 86.0 Å². The van der Waals surface area contributed by atoms with Crippen LogP contribution in [0.4, 0.5) is 0 Å². The average molecular weight is 325 g/mol. The SMILES string of the molecule is CCN(CC)CCCn1cc(O)c(=O)cc1CN(C)CC(=O)O. The number of carboxylic acids is 1. The van der Waals surface area contributed by atoms with Crippen LogP contribution in [0.3, 0.4) is 0 Å². The van der Waals surface area contributed by atoms with Crippen molar-refractivity contribution in [2.45, 2.75) is 33.4 Å². The molecule has 0 atom stereocenters. The monoisotopic (exact) mass is 325 g/mol. The quantitative estimate of drug-likeness (QED) is 0.662. The number of aliphatic carboxylic acids is 1. The molecule has 130 valence electrons. The minimum absolute atomic E-state index is 0.103. The minimum atomic E-state index is -0.915. The number of hydrogen-bond donors (Lipinski definition) is 2. The second-order valence-electron chi connectivity index (χ2n) is 5.65. The first kappa shape index (κ1) is 19.2. The molecule has 0 aromatic carbocycles. The molecular formula is C16H27N3O4.